The lowest BCUT2D eigenvalue weighted by Gasteiger charge is -2.55. The Balaban J connectivity index is 1.51. The van der Waals surface area contributed by atoms with E-state index < -0.39 is 0 Å². The summed E-state index contributed by atoms with van der Waals surface area (Å²) in [7, 11) is 1.67. The molecule has 0 atom stereocenters. The molecule has 0 saturated heterocycles. The van der Waals surface area contributed by atoms with Crippen molar-refractivity contribution in [2.75, 3.05) is 7.11 Å². The minimum Gasteiger partial charge on any atom is -0.497 e. The third-order valence-electron chi connectivity index (χ3n) is 5.74. The molecule has 0 amide bonds. The van der Waals surface area contributed by atoms with E-state index in [1.54, 1.807) is 7.11 Å². The number of rotatable bonds is 3. The average molecular weight is 302 g/mol. The Morgan fingerprint density at radius 2 is 1.57 bits per heavy atom. The molecule has 0 unspecified atom stereocenters. The van der Waals surface area contributed by atoms with Gasteiger partial charge in [-0.25, -0.2) is 0 Å². The predicted molar refractivity (Wildman–Crippen MR) is 84.5 cm³/mol. The maximum Gasteiger partial charge on any atom is 0.199 e. The zero-order valence-corrected chi connectivity index (χ0v) is 13.3. The van der Waals surface area contributed by atoms with Gasteiger partial charge in [-0.05, 0) is 80.5 Å². The van der Waals surface area contributed by atoms with Crippen LogP contribution in [0.1, 0.15) is 38.5 Å². The van der Waals surface area contributed by atoms with Gasteiger partial charge in [-0.1, -0.05) is 11.8 Å². The molecule has 1 aromatic carbocycles. The first kappa shape index (κ1) is 13.7. The molecule has 0 aliphatic heterocycles. The Kier molecular flexibility index (Phi) is 3.29. The van der Waals surface area contributed by atoms with Crippen LogP contribution in [0, 0.1) is 23.2 Å². The van der Waals surface area contributed by atoms with E-state index in [2.05, 4.69) is 0 Å². The molecular formula is C18H22O2S. The highest BCUT2D eigenvalue weighted by Gasteiger charge is 2.54. The Labute approximate surface area is 130 Å². The van der Waals surface area contributed by atoms with E-state index in [-0.39, 0.29) is 5.41 Å². The largest absolute Gasteiger partial charge is 0.497 e. The van der Waals surface area contributed by atoms with Gasteiger partial charge in [0, 0.05) is 10.3 Å². The highest BCUT2D eigenvalue weighted by atomic mass is 32.2. The number of hydrogen-bond acceptors (Lipinski definition) is 3. The molecular weight excluding hydrogens is 280 g/mol. The molecule has 0 radical (unpaired) electrons. The van der Waals surface area contributed by atoms with Crippen LogP contribution in [0.5, 0.6) is 5.75 Å². The van der Waals surface area contributed by atoms with Crippen LogP contribution >= 0.6 is 11.8 Å². The monoisotopic (exact) mass is 302 g/mol. The summed E-state index contributed by atoms with van der Waals surface area (Å²) in [4.78, 5) is 14.0. The molecule has 0 heterocycles. The molecule has 21 heavy (non-hydrogen) atoms. The van der Waals surface area contributed by atoms with E-state index in [0.717, 1.165) is 47.7 Å². The van der Waals surface area contributed by atoms with Crippen molar-refractivity contribution in [3.05, 3.63) is 24.3 Å². The van der Waals surface area contributed by atoms with Gasteiger partial charge in [-0.15, -0.1) is 0 Å². The van der Waals surface area contributed by atoms with Crippen molar-refractivity contribution in [1.82, 2.24) is 0 Å². The van der Waals surface area contributed by atoms with E-state index in [1.165, 1.54) is 31.0 Å². The van der Waals surface area contributed by atoms with E-state index in [0.29, 0.717) is 5.12 Å². The summed E-state index contributed by atoms with van der Waals surface area (Å²) >= 11 is 1.46. The molecule has 112 valence electrons. The number of methoxy groups -OCH3 is 1. The molecule has 5 rings (SSSR count). The first-order chi connectivity index (χ1) is 10.2. The van der Waals surface area contributed by atoms with Crippen LogP contribution in [-0.4, -0.2) is 12.2 Å². The van der Waals surface area contributed by atoms with Gasteiger partial charge in [-0.3, -0.25) is 4.79 Å². The summed E-state index contributed by atoms with van der Waals surface area (Å²) in [5, 5.41) is 0.423. The Morgan fingerprint density at radius 3 is 2.05 bits per heavy atom. The normalized spacial score (nSPS) is 36.7. The van der Waals surface area contributed by atoms with Gasteiger partial charge < -0.3 is 4.74 Å². The molecule has 2 nitrogen and oxygen atoms in total. The van der Waals surface area contributed by atoms with Gasteiger partial charge in [0.1, 0.15) is 5.75 Å². The Bertz CT molecular complexity index is 514. The standard InChI is InChI=1S/C18H22O2S/c1-20-15-2-4-16(5-3-15)21-17(19)18-9-12-6-13(10-18)8-14(7-12)11-18/h2-5,12-14H,6-11H2,1H3. The smallest absolute Gasteiger partial charge is 0.199 e. The first-order valence-electron chi connectivity index (χ1n) is 8.03. The van der Waals surface area contributed by atoms with Crippen LogP contribution in [0.15, 0.2) is 29.2 Å². The minimum absolute atomic E-state index is 0.000650. The third-order valence-corrected chi connectivity index (χ3v) is 6.87. The molecule has 4 aliphatic carbocycles. The maximum atomic E-state index is 13.0. The molecule has 3 heteroatoms. The van der Waals surface area contributed by atoms with Crippen LogP contribution in [-0.2, 0) is 4.79 Å². The quantitative estimate of drug-likeness (QED) is 0.767. The predicted octanol–water partition coefficient (Wildman–Crippen LogP) is 4.53. The van der Waals surface area contributed by atoms with Crippen LogP contribution in [0.2, 0.25) is 0 Å². The Hall–Kier alpha value is -0.960. The number of carbonyl (C=O) groups is 1. The van der Waals surface area contributed by atoms with Gasteiger partial charge in [0.2, 0.25) is 0 Å². The molecule has 4 bridgehead atoms. The Morgan fingerprint density at radius 1 is 1.05 bits per heavy atom. The van der Waals surface area contributed by atoms with Gasteiger partial charge in [0.05, 0.1) is 7.11 Å². The van der Waals surface area contributed by atoms with Crippen molar-refractivity contribution in [3.8, 4) is 5.75 Å². The summed E-state index contributed by atoms with van der Waals surface area (Å²) in [5.74, 6) is 3.34. The fourth-order valence-corrected chi connectivity index (χ4v) is 6.17. The topological polar surface area (TPSA) is 26.3 Å². The molecule has 0 aromatic heterocycles. The number of hydrogen-bond donors (Lipinski definition) is 0. The van der Waals surface area contributed by atoms with Crippen LogP contribution in [0.25, 0.3) is 0 Å². The minimum atomic E-state index is -0.000650. The van der Waals surface area contributed by atoms with Gasteiger partial charge in [0.15, 0.2) is 5.12 Å². The number of ether oxygens (including phenoxy) is 1. The zero-order chi connectivity index (χ0) is 14.4. The van der Waals surface area contributed by atoms with Crippen molar-refractivity contribution in [2.24, 2.45) is 23.2 Å². The van der Waals surface area contributed by atoms with E-state index in [4.69, 9.17) is 4.74 Å². The van der Waals surface area contributed by atoms with Gasteiger partial charge in [-0.2, -0.15) is 0 Å². The zero-order valence-electron chi connectivity index (χ0n) is 12.5. The second kappa shape index (κ2) is 5.05. The van der Waals surface area contributed by atoms with Crippen molar-refractivity contribution in [1.29, 1.82) is 0 Å². The molecule has 0 spiro atoms. The maximum absolute atomic E-state index is 13.0. The summed E-state index contributed by atoms with van der Waals surface area (Å²) in [6.07, 6.45) is 7.63. The summed E-state index contributed by atoms with van der Waals surface area (Å²) in [6.45, 7) is 0. The van der Waals surface area contributed by atoms with Crippen molar-refractivity contribution >= 4 is 16.9 Å². The van der Waals surface area contributed by atoms with Crippen LogP contribution in [0.4, 0.5) is 0 Å². The lowest BCUT2D eigenvalue weighted by atomic mass is 9.50. The summed E-state index contributed by atoms with van der Waals surface area (Å²) < 4.78 is 5.18. The number of carbonyl (C=O) groups excluding carboxylic acids is 1. The van der Waals surface area contributed by atoms with Crippen LogP contribution in [0.3, 0.4) is 0 Å². The molecule has 4 saturated carbocycles. The highest BCUT2D eigenvalue weighted by molar-refractivity contribution is 8.13. The van der Waals surface area contributed by atoms with E-state index in [1.807, 2.05) is 24.3 Å². The van der Waals surface area contributed by atoms with Crippen molar-refractivity contribution in [3.63, 3.8) is 0 Å². The fourth-order valence-electron chi connectivity index (χ4n) is 5.22. The first-order valence-corrected chi connectivity index (χ1v) is 8.85. The second-order valence-electron chi connectivity index (χ2n) is 7.26. The third kappa shape index (κ3) is 2.40. The van der Waals surface area contributed by atoms with E-state index in [9.17, 15) is 4.79 Å². The lowest BCUT2D eigenvalue weighted by molar-refractivity contribution is -0.134. The molecule has 0 N–H and O–H groups in total. The number of thioether (sulfide) groups is 1. The molecule has 1 aromatic rings. The van der Waals surface area contributed by atoms with Gasteiger partial charge in [0.25, 0.3) is 0 Å². The van der Waals surface area contributed by atoms with Crippen molar-refractivity contribution in [2.45, 2.75) is 43.4 Å². The lowest BCUT2D eigenvalue weighted by Crippen LogP contribution is -2.49. The highest BCUT2D eigenvalue weighted by Crippen LogP contribution is 2.61. The SMILES string of the molecule is COc1ccc(SC(=O)C23CC4CC(CC(C4)C2)C3)cc1. The van der Waals surface area contributed by atoms with Gasteiger partial charge >= 0.3 is 0 Å². The summed E-state index contributed by atoms with van der Waals surface area (Å²) in [6, 6.07) is 7.88. The summed E-state index contributed by atoms with van der Waals surface area (Å²) in [5.41, 5.74) is -0.000650. The molecule has 4 fully saturated rings. The average Bonchev–Trinajstić information content (AvgIpc) is 2.46. The van der Waals surface area contributed by atoms with Crippen LogP contribution < -0.4 is 4.74 Å². The molecule has 4 aliphatic rings. The number of benzene rings is 1. The fraction of sp³-hybridized carbons (Fsp3) is 0.611. The second-order valence-corrected chi connectivity index (χ2v) is 8.31. The van der Waals surface area contributed by atoms with E-state index >= 15 is 0 Å². The van der Waals surface area contributed by atoms with Crippen molar-refractivity contribution < 1.29 is 9.53 Å².